The smallest absolute Gasteiger partial charge is 0.450 e. The van der Waals surface area contributed by atoms with Gasteiger partial charge >= 0.3 is 6.16 Å². The summed E-state index contributed by atoms with van der Waals surface area (Å²) >= 11 is 0. The highest BCUT2D eigenvalue weighted by Crippen LogP contribution is 2.35. The maximum absolute atomic E-state index is 10.8. The van der Waals surface area contributed by atoms with Crippen LogP contribution in [0.4, 0.5) is 4.79 Å². The molecular weight excluding hydrogens is 232 g/mol. The van der Waals surface area contributed by atoms with Crippen LogP contribution >= 0.6 is 0 Å². The van der Waals surface area contributed by atoms with Gasteiger partial charge in [-0.1, -0.05) is 39.3 Å². The molecule has 0 aromatic rings. The molecular formula is C14H26O4. The van der Waals surface area contributed by atoms with Gasteiger partial charge in [-0.15, -0.1) is 0 Å². The van der Waals surface area contributed by atoms with Gasteiger partial charge in [-0.3, -0.25) is 0 Å². The Bertz CT molecular complexity index is 296. The van der Waals surface area contributed by atoms with Gasteiger partial charge in [-0.25, -0.2) is 4.79 Å². The van der Waals surface area contributed by atoms with Gasteiger partial charge in [0, 0.05) is 13.3 Å². The Kier molecular flexibility index (Phi) is 6.39. The van der Waals surface area contributed by atoms with Crippen LogP contribution in [0, 0.1) is 5.41 Å². The van der Waals surface area contributed by atoms with E-state index in [-0.39, 0.29) is 5.41 Å². The van der Waals surface area contributed by atoms with Crippen LogP contribution in [0.1, 0.15) is 53.9 Å². The van der Waals surface area contributed by atoms with Gasteiger partial charge in [0.1, 0.15) is 0 Å². The zero-order valence-electron chi connectivity index (χ0n) is 12.2. The molecule has 4 nitrogen and oxygen atoms in total. The number of carboxylic acid groups (broad SMARTS) is 1. The molecule has 0 aliphatic heterocycles. The SMILES string of the molecule is C=C(C)COC(C)(CC(C)(C)CCC)OC(=O)O. The summed E-state index contributed by atoms with van der Waals surface area (Å²) in [7, 11) is 0. The standard InChI is InChI=1S/C14H26O4/c1-7-8-13(4,5)10-14(6,18-12(15)16)17-9-11(2)3/h2,7-10H2,1,3-6H3,(H,15,16). The Labute approximate surface area is 110 Å². The van der Waals surface area contributed by atoms with E-state index >= 15 is 0 Å². The monoisotopic (exact) mass is 258 g/mol. The van der Waals surface area contributed by atoms with Crippen LogP contribution in [0.15, 0.2) is 12.2 Å². The third kappa shape index (κ3) is 7.33. The molecule has 106 valence electrons. The maximum Gasteiger partial charge on any atom is 0.508 e. The van der Waals surface area contributed by atoms with E-state index in [4.69, 9.17) is 14.6 Å². The van der Waals surface area contributed by atoms with Crippen molar-refractivity contribution in [2.24, 2.45) is 5.41 Å². The first-order valence-corrected chi connectivity index (χ1v) is 6.30. The zero-order valence-corrected chi connectivity index (χ0v) is 12.2. The Balaban J connectivity index is 4.74. The van der Waals surface area contributed by atoms with Crippen molar-refractivity contribution in [3.05, 3.63) is 12.2 Å². The van der Waals surface area contributed by atoms with Crippen molar-refractivity contribution in [2.75, 3.05) is 6.61 Å². The van der Waals surface area contributed by atoms with E-state index in [0.29, 0.717) is 13.0 Å². The minimum absolute atomic E-state index is 0.0337. The topological polar surface area (TPSA) is 55.8 Å². The molecule has 1 N–H and O–H groups in total. The Morgan fingerprint density at radius 3 is 2.28 bits per heavy atom. The second-order valence-electron chi connectivity index (χ2n) is 5.84. The minimum Gasteiger partial charge on any atom is -0.450 e. The van der Waals surface area contributed by atoms with Crippen LogP contribution in [0.5, 0.6) is 0 Å². The van der Waals surface area contributed by atoms with Crippen molar-refractivity contribution in [3.8, 4) is 0 Å². The average Bonchev–Trinajstić information content (AvgIpc) is 2.12. The molecule has 18 heavy (non-hydrogen) atoms. The predicted molar refractivity (Wildman–Crippen MR) is 71.6 cm³/mol. The fraction of sp³-hybridized carbons (Fsp3) is 0.786. The van der Waals surface area contributed by atoms with Gasteiger partial charge < -0.3 is 14.6 Å². The lowest BCUT2D eigenvalue weighted by molar-refractivity contribution is -0.210. The van der Waals surface area contributed by atoms with Crippen LogP contribution in [-0.4, -0.2) is 23.7 Å². The van der Waals surface area contributed by atoms with E-state index in [1.807, 2.05) is 6.92 Å². The summed E-state index contributed by atoms with van der Waals surface area (Å²) in [5, 5.41) is 8.82. The number of carbonyl (C=O) groups is 1. The summed E-state index contributed by atoms with van der Waals surface area (Å²) in [6, 6.07) is 0. The minimum atomic E-state index is -1.31. The number of hydrogen-bond donors (Lipinski definition) is 1. The molecule has 0 fully saturated rings. The lowest BCUT2D eigenvalue weighted by atomic mass is 9.81. The van der Waals surface area contributed by atoms with E-state index in [1.165, 1.54) is 0 Å². The summed E-state index contributed by atoms with van der Waals surface area (Å²) in [5.41, 5.74) is 0.803. The van der Waals surface area contributed by atoms with E-state index in [1.54, 1.807) is 6.92 Å². The van der Waals surface area contributed by atoms with Crippen LogP contribution in [-0.2, 0) is 9.47 Å². The molecule has 0 aromatic carbocycles. The molecule has 0 amide bonds. The molecule has 0 aliphatic rings. The first-order valence-electron chi connectivity index (χ1n) is 6.30. The van der Waals surface area contributed by atoms with Crippen molar-refractivity contribution >= 4 is 6.16 Å². The molecule has 4 heteroatoms. The molecule has 0 aromatic heterocycles. The van der Waals surface area contributed by atoms with Crippen molar-refractivity contribution in [2.45, 2.75) is 59.7 Å². The average molecular weight is 258 g/mol. The third-order valence-electron chi connectivity index (χ3n) is 2.65. The van der Waals surface area contributed by atoms with Crippen molar-refractivity contribution < 1.29 is 19.4 Å². The lowest BCUT2D eigenvalue weighted by Gasteiger charge is -2.36. The van der Waals surface area contributed by atoms with Crippen molar-refractivity contribution in [1.29, 1.82) is 0 Å². The summed E-state index contributed by atoms with van der Waals surface area (Å²) in [4.78, 5) is 10.8. The summed E-state index contributed by atoms with van der Waals surface area (Å²) in [6.45, 7) is 13.8. The quantitative estimate of drug-likeness (QED) is 0.402. The largest absolute Gasteiger partial charge is 0.508 e. The van der Waals surface area contributed by atoms with Crippen molar-refractivity contribution in [3.63, 3.8) is 0 Å². The summed E-state index contributed by atoms with van der Waals surface area (Å²) < 4.78 is 10.5. The van der Waals surface area contributed by atoms with E-state index in [9.17, 15) is 4.79 Å². The molecule has 0 saturated carbocycles. The van der Waals surface area contributed by atoms with E-state index in [2.05, 4.69) is 27.4 Å². The van der Waals surface area contributed by atoms with Gasteiger partial charge in [0.25, 0.3) is 0 Å². The molecule has 1 atom stereocenters. The van der Waals surface area contributed by atoms with E-state index < -0.39 is 11.9 Å². The molecule has 0 spiro atoms. The normalized spacial score (nSPS) is 14.9. The predicted octanol–water partition coefficient (Wildman–Crippen LogP) is 4.21. The molecule has 1 unspecified atom stereocenters. The molecule has 0 saturated heterocycles. The number of rotatable bonds is 8. The Hall–Kier alpha value is -1.03. The highest BCUT2D eigenvalue weighted by Gasteiger charge is 2.36. The number of hydrogen-bond acceptors (Lipinski definition) is 3. The molecule has 0 radical (unpaired) electrons. The van der Waals surface area contributed by atoms with Crippen molar-refractivity contribution in [1.82, 2.24) is 0 Å². The maximum atomic E-state index is 10.8. The number of ether oxygens (including phenoxy) is 2. The summed E-state index contributed by atoms with van der Waals surface area (Å²) in [6.07, 6.45) is 1.23. The fourth-order valence-corrected chi connectivity index (χ4v) is 2.21. The first-order chi connectivity index (χ1) is 8.10. The highest BCUT2D eigenvalue weighted by molar-refractivity contribution is 5.57. The molecule has 0 bridgehead atoms. The van der Waals surface area contributed by atoms with Gasteiger partial charge in [0.15, 0.2) is 0 Å². The second kappa shape index (κ2) is 6.78. The fourth-order valence-electron chi connectivity index (χ4n) is 2.21. The highest BCUT2D eigenvalue weighted by atomic mass is 16.8. The molecule has 0 rings (SSSR count). The van der Waals surface area contributed by atoms with Gasteiger partial charge in [-0.05, 0) is 18.8 Å². The van der Waals surface area contributed by atoms with Crippen LogP contribution < -0.4 is 0 Å². The second-order valence-corrected chi connectivity index (χ2v) is 5.84. The van der Waals surface area contributed by atoms with Gasteiger partial charge in [0.2, 0.25) is 5.79 Å². The third-order valence-corrected chi connectivity index (χ3v) is 2.65. The Morgan fingerprint density at radius 1 is 1.33 bits per heavy atom. The summed E-state index contributed by atoms with van der Waals surface area (Å²) in [5.74, 6) is -1.12. The van der Waals surface area contributed by atoms with Crippen LogP contribution in [0.25, 0.3) is 0 Å². The van der Waals surface area contributed by atoms with Gasteiger partial charge in [-0.2, -0.15) is 0 Å². The lowest BCUT2D eigenvalue weighted by Crippen LogP contribution is -2.39. The first kappa shape index (κ1) is 17.0. The van der Waals surface area contributed by atoms with Gasteiger partial charge in [0.05, 0.1) is 6.61 Å². The van der Waals surface area contributed by atoms with Crippen LogP contribution in [0.3, 0.4) is 0 Å². The molecule has 0 aliphatic carbocycles. The van der Waals surface area contributed by atoms with E-state index in [0.717, 1.165) is 18.4 Å². The Morgan fingerprint density at radius 2 is 1.89 bits per heavy atom. The van der Waals surface area contributed by atoms with Crippen LogP contribution in [0.2, 0.25) is 0 Å². The zero-order chi connectivity index (χ0) is 14.4. The molecule has 0 heterocycles.